The standard InChI is InChI=1S/C12H14N2O5/c1-2-13-12(18)14-10(16)7-19-11(17)8-5-3-4-6-9(8)15/h3-6,15H,2,7H2,1H3,(H2,13,14,16,18). The molecule has 0 spiro atoms. The second-order valence-electron chi connectivity index (χ2n) is 3.50. The van der Waals surface area contributed by atoms with Crippen LogP contribution in [0.5, 0.6) is 5.75 Å². The number of ether oxygens (including phenoxy) is 1. The van der Waals surface area contributed by atoms with Crippen molar-refractivity contribution in [3.63, 3.8) is 0 Å². The number of imide groups is 1. The van der Waals surface area contributed by atoms with Gasteiger partial charge < -0.3 is 15.2 Å². The Morgan fingerprint density at radius 2 is 1.95 bits per heavy atom. The fourth-order valence-corrected chi connectivity index (χ4v) is 1.22. The Morgan fingerprint density at radius 3 is 2.58 bits per heavy atom. The number of esters is 1. The Labute approximate surface area is 109 Å². The molecule has 1 rings (SSSR count). The van der Waals surface area contributed by atoms with E-state index in [0.29, 0.717) is 6.54 Å². The lowest BCUT2D eigenvalue weighted by molar-refractivity contribution is -0.123. The number of para-hydroxylation sites is 1. The molecule has 0 unspecified atom stereocenters. The minimum atomic E-state index is -0.843. The number of phenols is 1. The third-order valence-corrected chi connectivity index (χ3v) is 2.05. The summed E-state index contributed by atoms with van der Waals surface area (Å²) in [5.74, 6) is -1.84. The van der Waals surface area contributed by atoms with Crippen LogP contribution in [0, 0.1) is 0 Å². The zero-order chi connectivity index (χ0) is 14.3. The van der Waals surface area contributed by atoms with Crippen molar-refractivity contribution in [2.45, 2.75) is 6.92 Å². The summed E-state index contributed by atoms with van der Waals surface area (Å²) in [5.41, 5.74) is -0.0479. The summed E-state index contributed by atoms with van der Waals surface area (Å²) in [5, 5.41) is 13.7. The van der Waals surface area contributed by atoms with Crippen molar-refractivity contribution in [2.24, 2.45) is 0 Å². The van der Waals surface area contributed by atoms with E-state index < -0.39 is 24.5 Å². The molecule has 0 fully saturated rings. The molecule has 0 aliphatic rings. The fourth-order valence-electron chi connectivity index (χ4n) is 1.22. The fraction of sp³-hybridized carbons (Fsp3) is 0.250. The molecule has 3 amide bonds. The predicted octanol–water partition coefficient (Wildman–Crippen LogP) is 0.395. The number of aromatic hydroxyl groups is 1. The summed E-state index contributed by atoms with van der Waals surface area (Å²) in [7, 11) is 0. The maximum atomic E-state index is 11.5. The lowest BCUT2D eigenvalue weighted by Gasteiger charge is -2.06. The number of carbonyl (C=O) groups is 3. The molecular formula is C12H14N2O5. The lowest BCUT2D eigenvalue weighted by Crippen LogP contribution is -2.41. The number of amides is 3. The normalized spacial score (nSPS) is 9.53. The number of hydrogen-bond donors (Lipinski definition) is 3. The molecule has 1 aromatic rings. The van der Waals surface area contributed by atoms with E-state index in [2.05, 4.69) is 10.1 Å². The van der Waals surface area contributed by atoms with E-state index in [1.54, 1.807) is 19.1 Å². The first-order chi connectivity index (χ1) is 9.04. The molecule has 1 aromatic carbocycles. The van der Waals surface area contributed by atoms with Gasteiger partial charge in [0.25, 0.3) is 5.91 Å². The van der Waals surface area contributed by atoms with Gasteiger partial charge in [-0.1, -0.05) is 12.1 Å². The van der Waals surface area contributed by atoms with Gasteiger partial charge >= 0.3 is 12.0 Å². The maximum Gasteiger partial charge on any atom is 0.342 e. The van der Waals surface area contributed by atoms with Crippen LogP contribution in [-0.2, 0) is 9.53 Å². The van der Waals surface area contributed by atoms with Gasteiger partial charge in [-0.25, -0.2) is 9.59 Å². The van der Waals surface area contributed by atoms with Crippen molar-refractivity contribution in [1.29, 1.82) is 0 Å². The van der Waals surface area contributed by atoms with Crippen LogP contribution in [0.1, 0.15) is 17.3 Å². The molecule has 0 saturated heterocycles. The molecule has 0 aliphatic heterocycles. The third-order valence-electron chi connectivity index (χ3n) is 2.05. The van der Waals surface area contributed by atoms with Crippen molar-refractivity contribution < 1.29 is 24.2 Å². The summed E-state index contributed by atoms with van der Waals surface area (Å²) in [6.45, 7) is 1.46. The van der Waals surface area contributed by atoms with Crippen LogP contribution in [0.25, 0.3) is 0 Å². The number of benzene rings is 1. The molecule has 0 atom stereocenters. The van der Waals surface area contributed by atoms with Crippen LogP contribution in [0.2, 0.25) is 0 Å². The highest BCUT2D eigenvalue weighted by atomic mass is 16.5. The van der Waals surface area contributed by atoms with Crippen molar-refractivity contribution in [1.82, 2.24) is 10.6 Å². The monoisotopic (exact) mass is 266 g/mol. The van der Waals surface area contributed by atoms with Gasteiger partial charge in [-0.3, -0.25) is 10.1 Å². The highest BCUT2D eigenvalue weighted by molar-refractivity contribution is 5.97. The number of phenolic OH excluding ortho intramolecular Hbond substituents is 1. The maximum absolute atomic E-state index is 11.5. The summed E-state index contributed by atoms with van der Waals surface area (Å²) >= 11 is 0. The molecular weight excluding hydrogens is 252 g/mol. The van der Waals surface area contributed by atoms with Crippen LogP contribution >= 0.6 is 0 Å². The van der Waals surface area contributed by atoms with Crippen LogP contribution in [0.15, 0.2) is 24.3 Å². The molecule has 0 bridgehead atoms. The average Bonchev–Trinajstić information content (AvgIpc) is 2.36. The highest BCUT2D eigenvalue weighted by Gasteiger charge is 2.14. The molecule has 0 radical (unpaired) electrons. The first-order valence-electron chi connectivity index (χ1n) is 5.57. The number of hydrogen-bond acceptors (Lipinski definition) is 5. The third kappa shape index (κ3) is 4.66. The number of nitrogens with one attached hydrogen (secondary N) is 2. The Morgan fingerprint density at radius 1 is 1.26 bits per heavy atom. The SMILES string of the molecule is CCNC(=O)NC(=O)COC(=O)c1ccccc1O. The highest BCUT2D eigenvalue weighted by Crippen LogP contribution is 2.16. The molecule has 19 heavy (non-hydrogen) atoms. The largest absolute Gasteiger partial charge is 0.507 e. The predicted molar refractivity (Wildman–Crippen MR) is 65.6 cm³/mol. The molecule has 3 N–H and O–H groups in total. The van der Waals surface area contributed by atoms with Gasteiger partial charge in [0.2, 0.25) is 0 Å². The van der Waals surface area contributed by atoms with Gasteiger partial charge in [-0.05, 0) is 19.1 Å². The summed E-state index contributed by atoms with van der Waals surface area (Å²) in [4.78, 5) is 33.8. The molecule has 7 heteroatoms. The number of urea groups is 1. The van der Waals surface area contributed by atoms with Gasteiger partial charge in [0.05, 0.1) is 0 Å². The van der Waals surface area contributed by atoms with E-state index in [0.717, 1.165) is 0 Å². The molecule has 7 nitrogen and oxygen atoms in total. The molecule has 0 aliphatic carbocycles. The van der Waals surface area contributed by atoms with Gasteiger partial charge in [0.15, 0.2) is 6.61 Å². The molecule has 0 aromatic heterocycles. The van der Waals surface area contributed by atoms with E-state index in [1.165, 1.54) is 12.1 Å². The Balaban J connectivity index is 2.45. The van der Waals surface area contributed by atoms with E-state index in [9.17, 15) is 19.5 Å². The molecule has 102 valence electrons. The van der Waals surface area contributed by atoms with Gasteiger partial charge in [-0.15, -0.1) is 0 Å². The smallest absolute Gasteiger partial charge is 0.342 e. The second kappa shape index (κ2) is 7.00. The quantitative estimate of drug-likeness (QED) is 0.684. The topological polar surface area (TPSA) is 105 Å². The van der Waals surface area contributed by atoms with Crippen LogP contribution in [0.4, 0.5) is 4.79 Å². The summed E-state index contributed by atoms with van der Waals surface area (Å²) < 4.78 is 4.66. The number of carbonyl (C=O) groups excluding carboxylic acids is 3. The van der Waals surface area contributed by atoms with Crippen LogP contribution in [0.3, 0.4) is 0 Å². The second-order valence-corrected chi connectivity index (χ2v) is 3.50. The first-order valence-corrected chi connectivity index (χ1v) is 5.57. The lowest BCUT2D eigenvalue weighted by atomic mass is 10.2. The van der Waals surface area contributed by atoms with Crippen LogP contribution < -0.4 is 10.6 Å². The van der Waals surface area contributed by atoms with E-state index in [-0.39, 0.29) is 11.3 Å². The van der Waals surface area contributed by atoms with E-state index >= 15 is 0 Å². The minimum absolute atomic E-state index is 0.0479. The van der Waals surface area contributed by atoms with Crippen molar-refractivity contribution >= 4 is 17.9 Å². The summed E-state index contributed by atoms with van der Waals surface area (Å²) in [6.07, 6.45) is 0. The van der Waals surface area contributed by atoms with E-state index in [1.807, 2.05) is 5.32 Å². The van der Waals surface area contributed by atoms with E-state index in [4.69, 9.17) is 0 Å². The molecule has 0 saturated carbocycles. The first kappa shape index (κ1) is 14.5. The van der Waals surface area contributed by atoms with Gasteiger partial charge in [0.1, 0.15) is 11.3 Å². The zero-order valence-electron chi connectivity index (χ0n) is 10.3. The van der Waals surface area contributed by atoms with Gasteiger partial charge in [-0.2, -0.15) is 0 Å². The van der Waals surface area contributed by atoms with Crippen molar-refractivity contribution in [2.75, 3.05) is 13.2 Å². The van der Waals surface area contributed by atoms with Crippen molar-refractivity contribution in [3.8, 4) is 5.75 Å². The Bertz CT molecular complexity index is 487. The van der Waals surface area contributed by atoms with Gasteiger partial charge in [0, 0.05) is 6.54 Å². The molecule has 0 heterocycles. The van der Waals surface area contributed by atoms with Crippen LogP contribution in [-0.4, -0.2) is 36.2 Å². The zero-order valence-corrected chi connectivity index (χ0v) is 10.3. The Hall–Kier alpha value is -2.57. The summed E-state index contributed by atoms with van der Waals surface area (Å²) in [6, 6.07) is 5.12. The Kier molecular flexibility index (Phi) is 5.34. The average molecular weight is 266 g/mol. The minimum Gasteiger partial charge on any atom is -0.507 e. The van der Waals surface area contributed by atoms with Crippen molar-refractivity contribution in [3.05, 3.63) is 29.8 Å². The number of rotatable bonds is 4.